The Bertz CT molecular complexity index is 277. The van der Waals surface area contributed by atoms with Crippen LogP contribution < -0.4 is 0 Å². The number of hydrogen-bond acceptors (Lipinski definition) is 2. The minimum absolute atomic E-state index is 0.0382. The number of aromatic nitrogens is 1. The SMILES string of the molecule is C=C(C(C)=O)c1ccccn1. The lowest BCUT2D eigenvalue weighted by Gasteiger charge is -1.97. The third-order valence-corrected chi connectivity index (χ3v) is 1.40. The summed E-state index contributed by atoms with van der Waals surface area (Å²) in [6.07, 6.45) is 1.64. The van der Waals surface area contributed by atoms with E-state index in [1.54, 1.807) is 18.3 Å². The fraction of sp³-hybridized carbons (Fsp3) is 0.111. The van der Waals surface area contributed by atoms with Crippen LogP contribution in [0.5, 0.6) is 0 Å². The lowest BCUT2D eigenvalue weighted by atomic mass is 10.1. The molecule has 0 amide bonds. The zero-order valence-corrected chi connectivity index (χ0v) is 6.37. The standard InChI is InChI=1S/C9H9NO/c1-7(8(2)11)9-5-3-4-6-10-9/h3-6H,1H2,2H3. The van der Waals surface area contributed by atoms with Gasteiger partial charge in [0, 0.05) is 11.8 Å². The second kappa shape index (κ2) is 3.10. The van der Waals surface area contributed by atoms with Gasteiger partial charge in [-0.1, -0.05) is 12.6 Å². The van der Waals surface area contributed by atoms with Crippen molar-refractivity contribution >= 4 is 11.4 Å². The monoisotopic (exact) mass is 147 g/mol. The summed E-state index contributed by atoms with van der Waals surface area (Å²) in [4.78, 5) is 14.8. The van der Waals surface area contributed by atoms with Crippen molar-refractivity contribution in [1.29, 1.82) is 0 Å². The number of allylic oxidation sites excluding steroid dienone is 1. The normalized spacial score (nSPS) is 9.18. The first-order valence-corrected chi connectivity index (χ1v) is 3.33. The number of Topliss-reactive ketones (excluding diaryl/α,β-unsaturated/α-hetero) is 1. The van der Waals surface area contributed by atoms with Gasteiger partial charge < -0.3 is 0 Å². The minimum atomic E-state index is -0.0382. The summed E-state index contributed by atoms with van der Waals surface area (Å²) in [5.41, 5.74) is 1.12. The molecule has 0 aliphatic carbocycles. The molecule has 0 N–H and O–H groups in total. The van der Waals surface area contributed by atoms with E-state index in [0.29, 0.717) is 11.3 Å². The van der Waals surface area contributed by atoms with Gasteiger partial charge in [-0.25, -0.2) is 0 Å². The summed E-state index contributed by atoms with van der Waals surface area (Å²) >= 11 is 0. The number of carbonyl (C=O) groups excluding carboxylic acids is 1. The highest BCUT2D eigenvalue weighted by Gasteiger charge is 2.02. The van der Waals surface area contributed by atoms with Crippen molar-refractivity contribution in [2.45, 2.75) is 6.92 Å². The minimum Gasteiger partial charge on any atom is -0.294 e. The maximum atomic E-state index is 10.8. The molecule has 2 nitrogen and oxygen atoms in total. The van der Waals surface area contributed by atoms with Crippen LogP contribution in [0.3, 0.4) is 0 Å². The van der Waals surface area contributed by atoms with Crippen LogP contribution in [0.15, 0.2) is 31.0 Å². The van der Waals surface area contributed by atoms with Gasteiger partial charge in [0.2, 0.25) is 0 Å². The highest BCUT2D eigenvalue weighted by atomic mass is 16.1. The molecule has 1 aromatic heterocycles. The average molecular weight is 147 g/mol. The van der Waals surface area contributed by atoms with Gasteiger partial charge in [-0.2, -0.15) is 0 Å². The largest absolute Gasteiger partial charge is 0.294 e. The summed E-state index contributed by atoms with van der Waals surface area (Å²) in [7, 11) is 0. The Balaban J connectivity index is 2.95. The number of hydrogen-bond donors (Lipinski definition) is 0. The Hall–Kier alpha value is -1.44. The molecule has 1 aromatic rings. The highest BCUT2D eigenvalue weighted by Crippen LogP contribution is 2.08. The molecule has 56 valence electrons. The molecule has 0 fully saturated rings. The molecule has 0 aromatic carbocycles. The lowest BCUT2D eigenvalue weighted by molar-refractivity contribution is -0.111. The third kappa shape index (κ3) is 1.74. The van der Waals surface area contributed by atoms with Crippen LogP contribution in [0.25, 0.3) is 5.57 Å². The predicted octanol–water partition coefficient (Wildman–Crippen LogP) is 1.68. The molecular weight excluding hydrogens is 138 g/mol. The highest BCUT2D eigenvalue weighted by molar-refractivity contribution is 6.18. The Morgan fingerprint density at radius 3 is 2.73 bits per heavy atom. The van der Waals surface area contributed by atoms with E-state index >= 15 is 0 Å². The van der Waals surface area contributed by atoms with Gasteiger partial charge in [0.15, 0.2) is 5.78 Å². The topological polar surface area (TPSA) is 30.0 Å². The van der Waals surface area contributed by atoms with E-state index in [2.05, 4.69) is 11.6 Å². The summed E-state index contributed by atoms with van der Waals surface area (Å²) in [5.74, 6) is -0.0382. The van der Waals surface area contributed by atoms with Crippen LogP contribution in [0, 0.1) is 0 Å². The molecule has 2 heteroatoms. The quantitative estimate of drug-likeness (QED) is 0.596. The first-order valence-electron chi connectivity index (χ1n) is 3.33. The number of ketones is 1. The Kier molecular flexibility index (Phi) is 2.16. The summed E-state index contributed by atoms with van der Waals surface area (Å²) < 4.78 is 0. The number of nitrogens with zero attached hydrogens (tertiary/aromatic N) is 1. The molecule has 0 saturated heterocycles. The second-order valence-corrected chi connectivity index (χ2v) is 2.25. The molecule has 0 aliphatic heterocycles. The van der Waals surface area contributed by atoms with E-state index in [-0.39, 0.29) is 5.78 Å². The van der Waals surface area contributed by atoms with Gasteiger partial charge in [-0.3, -0.25) is 9.78 Å². The molecule has 1 rings (SSSR count). The lowest BCUT2D eigenvalue weighted by Crippen LogP contribution is -1.95. The first kappa shape index (κ1) is 7.66. The van der Waals surface area contributed by atoms with Crippen LogP contribution in [0.4, 0.5) is 0 Å². The van der Waals surface area contributed by atoms with Crippen LogP contribution in [-0.2, 0) is 4.79 Å². The van der Waals surface area contributed by atoms with E-state index in [9.17, 15) is 4.79 Å². The van der Waals surface area contributed by atoms with Gasteiger partial charge in [0.05, 0.1) is 5.69 Å². The summed E-state index contributed by atoms with van der Waals surface area (Å²) in [6.45, 7) is 5.10. The van der Waals surface area contributed by atoms with Crippen molar-refractivity contribution in [2.24, 2.45) is 0 Å². The third-order valence-electron chi connectivity index (χ3n) is 1.40. The summed E-state index contributed by atoms with van der Waals surface area (Å²) in [6, 6.07) is 5.40. The molecule has 0 aliphatic rings. The zero-order chi connectivity index (χ0) is 8.27. The molecular formula is C9H9NO. The zero-order valence-electron chi connectivity index (χ0n) is 6.37. The first-order chi connectivity index (χ1) is 5.22. The van der Waals surface area contributed by atoms with E-state index in [4.69, 9.17) is 0 Å². The fourth-order valence-electron chi connectivity index (χ4n) is 0.722. The number of carbonyl (C=O) groups is 1. The van der Waals surface area contributed by atoms with Gasteiger partial charge in [0.25, 0.3) is 0 Å². The number of rotatable bonds is 2. The maximum Gasteiger partial charge on any atom is 0.161 e. The molecule has 11 heavy (non-hydrogen) atoms. The fourth-order valence-corrected chi connectivity index (χ4v) is 0.722. The van der Waals surface area contributed by atoms with Crippen molar-refractivity contribution in [3.05, 3.63) is 36.7 Å². The second-order valence-electron chi connectivity index (χ2n) is 2.25. The average Bonchev–Trinajstić information content (AvgIpc) is 2.05. The molecule has 0 atom stereocenters. The van der Waals surface area contributed by atoms with E-state index in [0.717, 1.165) is 0 Å². The number of pyridine rings is 1. The van der Waals surface area contributed by atoms with Crippen LogP contribution in [0.1, 0.15) is 12.6 Å². The molecule has 0 saturated carbocycles. The molecule has 0 bridgehead atoms. The Morgan fingerprint density at radius 1 is 1.55 bits per heavy atom. The van der Waals surface area contributed by atoms with Crippen LogP contribution >= 0.6 is 0 Å². The van der Waals surface area contributed by atoms with Gasteiger partial charge >= 0.3 is 0 Å². The Labute approximate surface area is 65.6 Å². The van der Waals surface area contributed by atoms with Crippen molar-refractivity contribution < 1.29 is 4.79 Å². The van der Waals surface area contributed by atoms with Crippen molar-refractivity contribution in [3.63, 3.8) is 0 Å². The molecule has 1 heterocycles. The van der Waals surface area contributed by atoms with E-state index < -0.39 is 0 Å². The van der Waals surface area contributed by atoms with E-state index in [1.807, 2.05) is 6.07 Å². The molecule has 0 spiro atoms. The van der Waals surface area contributed by atoms with Crippen LogP contribution in [0.2, 0.25) is 0 Å². The van der Waals surface area contributed by atoms with Gasteiger partial charge in [0.1, 0.15) is 0 Å². The van der Waals surface area contributed by atoms with Gasteiger partial charge in [-0.05, 0) is 19.1 Å². The van der Waals surface area contributed by atoms with Crippen molar-refractivity contribution in [2.75, 3.05) is 0 Å². The smallest absolute Gasteiger partial charge is 0.161 e. The van der Waals surface area contributed by atoms with E-state index in [1.165, 1.54) is 6.92 Å². The summed E-state index contributed by atoms with van der Waals surface area (Å²) in [5, 5.41) is 0. The van der Waals surface area contributed by atoms with Crippen molar-refractivity contribution in [3.8, 4) is 0 Å². The maximum absolute atomic E-state index is 10.8. The van der Waals surface area contributed by atoms with Gasteiger partial charge in [-0.15, -0.1) is 0 Å². The predicted molar refractivity (Wildman–Crippen MR) is 44.0 cm³/mol. The van der Waals surface area contributed by atoms with Crippen LogP contribution in [-0.4, -0.2) is 10.8 Å². The Morgan fingerprint density at radius 2 is 2.27 bits per heavy atom. The molecule has 0 radical (unpaired) electrons. The molecule has 0 unspecified atom stereocenters. The van der Waals surface area contributed by atoms with Crippen molar-refractivity contribution in [1.82, 2.24) is 4.98 Å².